The highest BCUT2D eigenvalue weighted by atomic mass is 16.5. The molecule has 3 heteroatoms. The monoisotopic (exact) mass is 396 g/mol. The minimum atomic E-state index is -0.110. The maximum atomic E-state index is 12.3. The number of aliphatic hydroxyl groups is 1. The molecule has 1 aromatic carbocycles. The van der Waals surface area contributed by atoms with E-state index in [1.54, 1.807) is 0 Å². The summed E-state index contributed by atoms with van der Waals surface area (Å²) < 4.78 is 5.70. The number of benzene rings is 1. The predicted molar refractivity (Wildman–Crippen MR) is 114 cm³/mol. The van der Waals surface area contributed by atoms with E-state index in [4.69, 9.17) is 4.74 Å². The molecule has 0 bridgehead atoms. The van der Waals surface area contributed by atoms with Gasteiger partial charge in [0.25, 0.3) is 0 Å². The highest BCUT2D eigenvalue weighted by Gasteiger charge is 2.54. The molecule has 158 valence electrons. The number of hydrogen-bond acceptors (Lipinski definition) is 3. The molecule has 0 amide bonds. The molecule has 3 saturated carbocycles. The second-order valence-corrected chi connectivity index (χ2v) is 10.6. The molecule has 0 aromatic heterocycles. The van der Waals surface area contributed by atoms with Crippen molar-refractivity contribution in [2.45, 2.75) is 96.0 Å². The van der Waals surface area contributed by atoms with Crippen LogP contribution in [0.1, 0.15) is 94.6 Å². The molecule has 0 spiro atoms. The normalized spacial score (nSPS) is 36.3. The Balaban J connectivity index is 1.25. The number of esters is 1. The maximum absolute atomic E-state index is 12.3. The summed E-state index contributed by atoms with van der Waals surface area (Å²) in [6.45, 7) is 2.33. The van der Waals surface area contributed by atoms with Gasteiger partial charge in [-0.1, -0.05) is 38.7 Å². The Labute approximate surface area is 175 Å². The predicted octanol–water partition coefficient (Wildman–Crippen LogP) is 5.78. The number of carbonyl (C=O) groups is 1. The molecule has 29 heavy (non-hydrogen) atoms. The molecule has 1 aromatic rings. The molecule has 3 nitrogen and oxygen atoms in total. The SMILES string of the molecule is C[C@]12CCC3c4ccc(OC(=O)CCC5CCCC5)cc4CCC3C1CCC2O. The number of ether oxygens (including phenoxy) is 1. The van der Waals surface area contributed by atoms with Gasteiger partial charge in [-0.2, -0.15) is 0 Å². The number of fused-ring (bicyclic) bond motifs is 5. The summed E-state index contributed by atoms with van der Waals surface area (Å²) in [5.74, 6) is 3.38. The lowest BCUT2D eigenvalue weighted by Gasteiger charge is -2.50. The largest absolute Gasteiger partial charge is 0.427 e. The van der Waals surface area contributed by atoms with Crippen molar-refractivity contribution < 1.29 is 14.6 Å². The van der Waals surface area contributed by atoms with E-state index in [0.29, 0.717) is 24.2 Å². The van der Waals surface area contributed by atoms with E-state index in [2.05, 4.69) is 19.1 Å². The molecule has 0 heterocycles. The average Bonchev–Trinajstić information content (AvgIpc) is 3.34. The van der Waals surface area contributed by atoms with E-state index in [-0.39, 0.29) is 17.5 Å². The van der Waals surface area contributed by atoms with Gasteiger partial charge >= 0.3 is 5.97 Å². The van der Waals surface area contributed by atoms with Gasteiger partial charge in [0.05, 0.1) is 6.10 Å². The molecular formula is C26H36O3. The molecule has 5 atom stereocenters. The molecule has 3 fully saturated rings. The number of aryl methyl sites for hydroxylation is 1. The number of carbonyl (C=O) groups excluding carboxylic acids is 1. The third kappa shape index (κ3) is 3.54. The van der Waals surface area contributed by atoms with Crippen molar-refractivity contribution >= 4 is 5.97 Å². The van der Waals surface area contributed by atoms with E-state index in [1.807, 2.05) is 6.07 Å². The molecule has 1 N–H and O–H groups in total. The third-order valence-corrected chi connectivity index (χ3v) is 9.11. The second kappa shape index (κ2) is 7.72. The van der Waals surface area contributed by atoms with Crippen molar-refractivity contribution in [1.29, 1.82) is 0 Å². The quantitative estimate of drug-likeness (QED) is 0.518. The summed E-state index contributed by atoms with van der Waals surface area (Å²) >= 11 is 0. The molecule has 0 saturated heterocycles. The fourth-order valence-corrected chi connectivity index (χ4v) is 7.40. The van der Waals surface area contributed by atoms with E-state index in [9.17, 15) is 9.90 Å². The number of aliphatic hydroxyl groups excluding tert-OH is 1. The van der Waals surface area contributed by atoms with Crippen molar-refractivity contribution in [1.82, 2.24) is 0 Å². The van der Waals surface area contributed by atoms with Gasteiger partial charge in [-0.3, -0.25) is 4.79 Å². The van der Waals surface area contributed by atoms with Gasteiger partial charge in [-0.25, -0.2) is 0 Å². The second-order valence-electron chi connectivity index (χ2n) is 10.6. The Morgan fingerprint density at radius 2 is 1.97 bits per heavy atom. The summed E-state index contributed by atoms with van der Waals surface area (Å²) in [6.07, 6.45) is 13.4. The minimum Gasteiger partial charge on any atom is -0.427 e. The van der Waals surface area contributed by atoms with Crippen LogP contribution in [0.25, 0.3) is 0 Å². The Bertz CT molecular complexity index is 765. The lowest BCUT2D eigenvalue weighted by atomic mass is 9.55. The van der Waals surface area contributed by atoms with Crippen LogP contribution in [-0.4, -0.2) is 17.2 Å². The first-order valence-electron chi connectivity index (χ1n) is 12.1. The first kappa shape index (κ1) is 19.6. The van der Waals surface area contributed by atoms with Crippen LogP contribution in [0.15, 0.2) is 18.2 Å². The van der Waals surface area contributed by atoms with Crippen LogP contribution >= 0.6 is 0 Å². The van der Waals surface area contributed by atoms with Crippen LogP contribution in [0.3, 0.4) is 0 Å². The Morgan fingerprint density at radius 3 is 2.79 bits per heavy atom. The van der Waals surface area contributed by atoms with Gasteiger partial charge in [0, 0.05) is 6.42 Å². The molecule has 4 aliphatic rings. The molecule has 5 rings (SSSR count). The Morgan fingerprint density at radius 1 is 1.14 bits per heavy atom. The van der Waals surface area contributed by atoms with Crippen molar-refractivity contribution in [2.24, 2.45) is 23.2 Å². The molecule has 4 unspecified atom stereocenters. The van der Waals surface area contributed by atoms with Gasteiger partial charge < -0.3 is 9.84 Å². The molecular weight excluding hydrogens is 360 g/mol. The smallest absolute Gasteiger partial charge is 0.311 e. The van der Waals surface area contributed by atoms with Crippen molar-refractivity contribution in [3.05, 3.63) is 29.3 Å². The summed E-state index contributed by atoms with van der Waals surface area (Å²) in [5.41, 5.74) is 3.00. The van der Waals surface area contributed by atoms with Crippen molar-refractivity contribution in [2.75, 3.05) is 0 Å². The maximum Gasteiger partial charge on any atom is 0.311 e. The first-order valence-corrected chi connectivity index (χ1v) is 12.1. The van der Waals surface area contributed by atoms with Gasteiger partial charge in [-0.05, 0) is 97.3 Å². The van der Waals surface area contributed by atoms with Crippen LogP contribution in [-0.2, 0) is 11.2 Å². The van der Waals surface area contributed by atoms with Gasteiger partial charge in [0.1, 0.15) is 5.75 Å². The summed E-state index contributed by atoms with van der Waals surface area (Å²) in [6, 6.07) is 6.39. The summed E-state index contributed by atoms with van der Waals surface area (Å²) in [5, 5.41) is 10.6. The van der Waals surface area contributed by atoms with Crippen LogP contribution in [0.2, 0.25) is 0 Å². The van der Waals surface area contributed by atoms with E-state index < -0.39 is 0 Å². The average molecular weight is 397 g/mol. The lowest BCUT2D eigenvalue weighted by Crippen LogP contribution is -2.43. The third-order valence-electron chi connectivity index (χ3n) is 9.11. The Hall–Kier alpha value is -1.35. The van der Waals surface area contributed by atoms with Crippen LogP contribution in [0, 0.1) is 23.2 Å². The topological polar surface area (TPSA) is 46.5 Å². The van der Waals surface area contributed by atoms with Gasteiger partial charge in [-0.15, -0.1) is 0 Å². The number of hydrogen-bond donors (Lipinski definition) is 1. The molecule has 0 radical (unpaired) electrons. The standard InChI is InChI=1S/C26H36O3/c1-26-15-14-21-20-10-8-19(29-25(28)13-6-17-4-2-3-5-17)16-18(20)7-9-22(21)23(26)11-12-24(26)27/h8,10,16-17,21-24,27H,2-7,9,11-15H2,1H3/t21?,22?,23?,24?,26-/m0/s1. The zero-order chi connectivity index (χ0) is 20.0. The number of rotatable bonds is 4. The molecule has 4 aliphatic carbocycles. The highest BCUT2D eigenvalue weighted by Crippen LogP contribution is 2.60. The van der Waals surface area contributed by atoms with Gasteiger partial charge in [0.2, 0.25) is 0 Å². The van der Waals surface area contributed by atoms with Crippen LogP contribution in [0.4, 0.5) is 0 Å². The van der Waals surface area contributed by atoms with Gasteiger partial charge in [0.15, 0.2) is 0 Å². The zero-order valence-electron chi connectivity index (χ0n) is 17.9. The highest BCUT2D eigenvalue weighted by molar-refractivity contribution is 5.72. The first-order chi connectivity index (χ1) is 14.0. The van der Waals surface area contributed by atoms with Crippen LogP contribution < -0.4 is 4.74 Å². The summed E-state index contributed by atoms with van der Waals surface area (Å²) in [4.78, 5) is 12.3. The van der Waals surface area contributed by atoms with Crippen LogP contribution in [0.5, 0.6) is 5.75 Å². The van der Waals surface area contributed by atoms with E-state index in [0.717, 1.165) is 37.4 Å². The Kier molecular flexibility index (Phi) is 5.22. The van der Waals surface area contributed by atoms with Crippen molar-refractivity contribution in [3.63, 3.8) is 0 Å². The van der Waals surface area contributed by atoms with E-state index in [1.165, 1.54) is 56.1 Å². The van der Waals surface area contributed by atoms with Crippen molar-refractivity contribution in [3.8, 4) is 5.75 Å². The molecule has 0 aliphatic heterocycles. The summed E-state index contributed by atoms with van der Waals surface area (Å²) in [7, 11) is 0. The lowest BCUT2D eigenvalue weighted by molar-refractivity contribution is -0.134. The minimum absolute atomic E-state index is 0.0705. The fraction of sp³-hybridized carbons (Fsp3) is 0.731. The van der Waals surface area contributed by atoms with E-state index >= 15 is 0 Å². The fourth-order valence-electron chi connectivity index (χ4n) is 7.40. The zero-order valence-corrected chi connectivity index (χ0v) is 17.9.